The number of aryl methyl sites for hydroxylation is 1. The van der Waals surface area contributed by atoms with Gasteiger partial charge >= 0.3 is 0 Å². The lowest BCUT2D eigenvalue weighted by atomic mass is 10.3. The summed E-state index contributed by atoms with van der Waals surface area (Å²) in [7, 11) is 1.76. The molecule has 0 amide bonds. The molecule has 106 valence electrons. The number of guanidine groups is 1. The Kier molecular flexibility index (Phi) is 4.76. The maximum absolute atomic E-state index is 4.56. The van der Waals surface area contributed by atoms with Crippen LogP contribution in [-0.4, -0.2) is 35.6 Å². The minimum Gasteiger partial charge on any atom is -0.355 e. The second-order valence-electron chi connectivity index (χ2n) is 4.47. The summed E-state index contributed by atoms with van der Waals surface area (Å²) in [5.41, 5.74) is 2.21. The second kappa shape index (κ2) is 6.75. The zero-order valence-electron chi connectivity index (χ0n) is 12.1. The number of fused-ring (bicyclic) bond motifs is 1. The number of para-hydroxylation sites is 2. The van der Waals surface area contributed by atoms with Crippen molar-refractivity contribution in [1.82, 2.24) is 20.2 Å². The topological polar surface area (TPSA) is 54.2 Å². The monoisotopic (exact) mass is 271 g/mol. The van der Waals surface area contributed by atoms with Gasteiger partial charge in [0.25, 0.3) is 0 Å². The van der Waals surface area contributed by atoms with Crippen molar-refractivity contribution in [3.05, 3.63) is 42.7 Å². The van der Waals surface area contributed by atoms with Gasteiger partial charge in [0, 0.05) is 26.7 Å². The number of imidazole rings is 1. The maximum atomic E-state index is 4.56. The first kappa shape index (κ1) is 14.1. The van der Waals surface area contributed by atoms with Gasteiger partial charge in [-0.1, -0.05) is 18.2 Å². The number of benzene rings is 1. The molecular formula is C15H21N5. The highest BCUT2D eigenvalue weighted by molar-refractivity contribution is 5.79. The van der Waals surface area contributed by atoms with E-state index >= 15 is 0 Å². The molecular weight excluding hydrogens is 250 g/mol. The number of hydrogen-bond acceptors (Lipinski definition) is 2. The predicted molar refractivity (Wildman–Crippen MR) is 84.0 cm³/mol. The van der Waals surface area contributed by atoms with Crippen LogP contribution < -0.4 is 10.6 Å². The molecule has 5 nitrogen and oxygen atoms in total. The number of rotatable bonds is 5. The van der Waals surface area contributed by atoms with Crippen LogP contribution in [0.5, 0.6) is 0 Å². The molecule has 0 saturated heterocycles. The molecule has 0 radical (unpaired) electrons. The van der Waals surface area contributed by atoms with E-state index < -0.39 is 0 Å². The van der Waals surface area contributed by atoms with Gasteiger partial charge in [-0.05, 0) is 19.1 Å². The fraction of sp³-hybridized carbons (Fsp3) is 0.333. The molecule has 1 heterocycles. The Bertz CT molecular complexity index is 612. The van der Waals surface area contributed by atoms with Crippen molar-refractivity contribution in [3.8, 4) is 0 Å². The van der Waals surface area contributed by atoms with E-state index in [9.17, 15) is 0 Å². The van der Waals surface area contributed by atoms with Crippen molar-refractivity contribution >= 4 is 17.0 Å². The van der Waals surface area contributed by atoms with E-state index in [1.165, 1.54) is 5.52 Å². The second-order valence-corrected chi connectivity index (χ2v) is 4.47. The summed E-state index contributed by atoms with van der Waals surface area (Å²) in [6.45, 7) is 8.05. The van der Waals surface area contributed by atoms with Crippen LogP contribution in [0.3, 0.4) is 0 Å². The Balaban J connectivity index is 1.99. The fourth-order valence-electron chi connectivity index (χ4n) is 2.15. The summed E-state index contributed by atoms with van der Waals surface area (Å²) < 4.78 is 2.21. The van der Waals surface area contributed by atoms with Crippen LogP contribution >= 0.6 is 0 Å². The van der Waals surface area contributed by atoms with Gasteiger partial charge in [-0.25, -0.2) is 4.98 Å². The van der Waals surface area contributed by atoms with Crippen molar-refractivity contribution in [3.63, 3.8) is 0 Å². The highest BCUT2D eigenvalue weighted by atomic mass is 15.2. The van der Waals surface area contributed by atoms with Gasteiger partial charge in [0.05, 0.1) is 11.0 Å². The maximum Gasteiger partial charge on any atom is 0.191 e. The Morgan fingerprint density at radius 1 is 1.40 bits per heavy atom. The minimum absolute atomic E-state index is 0.701. The van der Waals surface area contributed by atoms with Crippen LogP contribution in [0, 0.1) is 6.92 Å². The Morgan fingerprint density at radius 3 is 2.95 bits per heavy atom. The van der Waals surface area contributed by atoms with Gasteiger partial charge in [0.2, 0.25) is 0 Å². The fourth-order valence-corrected chi connectivity index (χ4v) is 2.15. The van der Waals surface area contributed by atoms with E-state index in [1.807, 2.05) is 25.1 Å². The molecule has 0 aliphatic heterocycles. The molecule has 5 heteroatoms. The molecule has 1 aromatic heterocycles. The predicted octanol–water partition coefficient (Wildman–Crippen LogP) is 1.70. The Labute approximate surface area is 119 Å². The molecule has 2 N–H and O–H groups in total. The van der Waals surface area contributed by atoms with Crippen LogP contribution in [0.15, 0.2) is 41.9 Å². The number of hydrogen-bond donors (Lipinski definition) is 2. The first-order valence-electron chi connectivity index (χ1n) is 6.73. The largest absolute Gasteiger partial charge is 0.355 e. The molecule has 0 spiro atoms. The molecule has 0 aliphatic carbocycles. The molecule has 0 fully saturated rings. The lowest BCUT2D eigenvalue weighted by Crippen LogP contribution is -2.38. The van der Waals surface area contributed by atoms with Crippen LogP contribution in [0.4, 0.5) is 0 Å². The third kappa shape index (κ3) is 3.17. The van der Waals surface area contributed by atoms with Crippen LogP contribution in [-0.2, 0) is 6.54 Å². The van der Waals surface area contributed by atoms with E-state index in [-0.39, 0.29) is 0 Å². The summed E-state index contributed by atoms with van der Waals surface area (Å²) >= 11 is 0. The smallest absolute Gasteiger partial charge is 0.191 e. The molecule has 1 aromatic carbocycles. The quantitative estimate of drug-likeness (QED) is 0.494. The highest BCUT2D eigenvalue weighted by Crippen LogP contribution is 2.14. The Hall–Kier alpha value is -2.30. The van der Waals surface area contributed by atoms with E-state index in [4.69, 9.17) is 0 Å². The molecule has 0 aliphatic rings. The first-order valence-corrected chi connectivity index (χ1v) is 6.73. The SMILES string of the molecule is C=CCNC(=NC)NCCn1c(C)nc2ccccc21. The zero-order chi connectivity index (χ0) is 14.4. The average molecular weight is 271 g/mol. The number of aromatic nitrogens is 2. The van der Waals surface area contributed by atoms with Gasteiger partial charge in [-0.15, -0.1) is 6.58 Å². The zero-order valence-corrected chi connectivity index (χ0v) is 12.1. The summed E-state index contributed by atoms with van der Waals surface area (Å²) in [6, 6.07) is 8.19. The average Bonchev–Trinajstić information content (AvgIpc) is 2.78. The number of aliphatic imine (C=N–C) groups is 1. The number of nitrogens with zero attached hydrogens (tertiary/aromatic N) is 3. The summed E-state index contributed by atoms with van der Waals surface area (Å²) in [5.74, 6) is 1.81. The van der Waals surface area contributed by atoms with E-state index in [0.29, 0.717) is 6.54 Å². The lowest BCUT2D eigenvalue weighted by Gasteiger charge is -2.12. The van der Waals surface area contributed by atoms with E-state index in [0.717, 1.165) is 30.4 Å². The van der Waals surface area contributed by atoms with E-state index in [2.05, 4.69) is 37.8 Å². The van der Waals surface area contributed by atoms with E-state index in [1.54, 1.807) is 13.1 Å². The van der Waals surface area contributed by atoms with Crippen molar-refractivity contribution < 1.29 is 0 Å². The van der Waals surface area contributed by atoms with Crippen molar-refractivity contribution in [1.29, 1.82) is 0 Å². The third-order valence-electron chi connectivity index (χ3n) is 3.11. The van der Waals surface area contributed by atoms with Crippen LogP contribution in [0.1, 0.15) is 5.82 Å². The van der Waals surface area contributed by atoms with Gasteiger partial charge in [0.1, 0.15) is 5.82 Å². The molecule has 0 atom stereocenters. The molecule has 0 bridgehead atoms. The minimum atomic E-state index is 0.701. The molecule has 20 heavy (non-hydrogen) atoms. The molecule has 0 saturated carbocycles. The standard InChI is InChI=1S/C15H21N5/c1-4-9-17-15(16-3)18-10-11-20-12(2)19-13-7-5-6-8-14(13)20/h4-8H,1,9-11H2,2-3H3,(H2,16,17,18). The number of nitrogens with one attached hydrogen (secondary N) is 2. The lowest BCUT2D eigenvalue weighted by molar-refractivity contribution is 0.663. The summed E-state index contributed by atoms with van der Waals surface area (Å²) in [5, 5.41) is 6.42. The Morgan fingerprint density at radius 2 is 2.20 bits per heavy atom. The molecule has 2 aromatic rings. The van der Waals surface area contributed by atoms with Gasteiger partial charge < -0.3 is 15.2 Å². The first-order chi connectivity index (χ1) is 9.76. The van der Waals surface area contributed by atoms with Gasteiger partial charge in [0.15, 0.2) is 5.96 Å². The molecule has 0 unspecified atom stereocenters. The molecule has 2 rings (SSSR count). The van der Waals surface area contributed by atoms with Crippen molar-refractivity contribution in [2.75, 3.05) is 20.1 Å². The third-order valence-corrected chi connectivity index (χ3v) is 3.11. The van der Waals surface area contributed by atoms with Crippen LogP contribution in [0.2, 0.25) is 0 Å². The van der Waals surface area contributed by atoms with Gasteiger partial charge in [-0.2, -0.15) is 0 Å². The normalized spacial score (nSPS) is 11.6. The summed E-state index contributed by atoms with van der Waals surface area (Å²) in [6.07, 6.45) is 1.81. The van der Waals surface area contributed by atoms with Crippen molar-refractivity contribution in [2.24, 2.45) is 4.99 Å². The van der Waals surface area contributed by atoms with Crippen LogP contribution in [0.25, 0.3) is 11.0 Å². The van der Waals surface area contributed by atoms with Crippen molar-refractivity contribution in [2.45, 2.75) is 13.5 Å². The van der Waals surface area contributed by atoms with Gasteiger partial charge in [-0.3, -0.25) is 4.99 Å². The summed E-state index contributed by atoms with van der Waals surface area (Å²) in [4.78, 5) is 8.71. The highest BCUT2D eigenvalue weighted by Gasteiger charge is 2.06.